The van der Waals surface area contributed by atoms with Gasteiger partial charge in [0.05, 0.1) is 5.75 Å². The second kappa shape index (κ2) is 5.19. The molecule has 0 amide bonds. The lowest BCUT2D eigenvalue weighted by molar-refractivity contribution is 0.248. The summed E-state index contributed by atoms with van der Waals surface area (Å²) >= 11 is 4.89. The number of rotatable bonds is 5. The van der Waals surface area contributed by atoms with E-state index in [-0.39, 0.29) is 16.3 Å². The molecular formula is C13H18N2O2S2. The highest BCUT2D eigenvalue weighted by atomic mass is 32.2. The van der Waals surface area contributed by atoms with E-state index < -0.39 is 10.0 Å². The van der Waals surface area contributed by atoms with E-state index >= 15 is 0 Å². The molecule has 1 fully saturated rings. The van der Waals surface area contributed by atoms with Crippen LogP contribution in [0.1, 0.15) is 37.3 Å². The van der Waals surface area contributed by atoms with Gasteiger partial charge in [0.25, 0.3) is 0 Å². The Labute approximate surface area is 119 Å². The van der Waals surface area contributed by atoms with Crippen LogP contribution in [0.5, 0.6) is 0 Å². The van der Waals surface area contributed by atoms with Gasteiger partial charge < -0.3 is 5.73 Å². The Kier molecular flexibility index (Phi) is 3.94. The molecule has 0 unspecified atom stereocenters. The van der Waals surface area contributed by atoms with Gasteiger partial charge in [-0.15, -0.1) is 0 Å². The van der Waals surface area contributed by atoms with Gasteiger partial charge in [-0.1, -0.05) is 30.4 Å². The first-order valence-corrected chi connectivity index (χ1v) is 8.26. The van der Waals surface area contributed by atoms with Gasteiger partial charge in [0, 0.05) is 11.1 Å². The molecule has 0 spiro atoms. The number of nitrogens with two attached hydrogens (primary N) is 1. The summed E-state index contributed by atoms with van der Waals surface area (Å²) in [5.74, 6) is -0.0426. The standard InChI is InChI=1S/C13H18N2O2S2/c1-13(6-3-7-13)15-19(16,17)9-10-4-2-5-11(8-10)12(14)18/h2,4-5,8,15H,3,6-7,9H2,1H3,(H2,14,18). The fourth-order valence-electron chi connectivity index (χ4n) is 2.25. The van der Waals surface area contributed by atoms with Crippen LogP contribution in [0.4, 0.5) is 0 Å². The maximum absolute atomic E-state index is 12.1. The first-order valence-electron chi connectivity index (χ1n) is 6.20. The minimum absolute atomic E-state index is 0.0426. The van der Waals surface area contributed by atoms with E-state index in [2.05, 4.69) is 4.72 Å². The van der Waals surface area contributed by atoms with Gasteiger partial charge in [-0.3, -0.25) is 0 Å². The molecule has 6 heteroatoms. The van der Waals surface area contributed by atoms with Gasteiger partial charge in [-0.05, 0) is 37.8 Å². The largest absolute Gasteiger partial charge is 0.389 e. The van der Waals surface area contributed by atoms with Crippen LogP contribution < -0.4 is 10.5 Å². The first-order chi connectivity index (χ1) is 8.80. The Morgan fingerprint density at radius 1 is 1.47 bits per heavy atom. The Morgan fingerprint density at radius 2 is 2.16 bits per heavy atom. The van der Waals surface area contributed by atoms with Gasteiger partial charge in [0.1, 0.15) is 4.99 Å². The van der Waals surface area contributed by atoms with Crippen LogP contribution in [0.25, 0.3) is 0 Å². The summed E-state index contributed by atoms with van der Waals surface area (Å²) in [6, 6.07) is 7.04. The van der Waals surface area contributed by atoms with Crippen LogP contribution in [-0.2, 0) is 15.8 Å². The molecule has 1 aliphatic rings. The van der Waals surface area contributed by atoms with Crippen LogP contribution in [-0.4, -0.2) is 18.9 Å². The Bertz CT molecular complexity index is 592. The van der Waals surface area contributed by atoms with E-state index in [0.717, 1.165) is 19.3 Å². The lowest BCUT2D eigenvalue weighted by Crippen LogP contribution is -2.51. The summed E-state index contributed by atoms with van der Waals surface area (Å²) in [7, 11) is -3.33. The third kappa shape index (κ3) is 3.75. The zero-order chi connectivity index (χ0) is 14.1. The van der Waals surface area contributed by atoms with Gasteiger partial charge >= 0.3 is 0 Å². The van der Waals surface area contributed by atoms with Crippen molar-refractivity contribution >= 4 is 27.2 Å². The molecule has 104 valence electrons. The summed E-state index contributed by atoms with van der Waals surface area (Å²) in [5, 5.41) is 0. The molecule has 2 rings (SSSR count). The number of thiocarbonyl (C=S) groups is 1. The van der Waals surface area contributed by atoms with Crippen molar-refractivity contribution in [1.82, 2.24) is 4.72 Å². The Hall–Kier alpha value is -0.980. The second-order valence-corrected chi connectivity index (χ2v) is 7.50. The zero-order valence-corrected chi connectivity index (χ0v) is 12.5. The van der Waals surface area contributed by atoms with Crippen LogP contribution >= 0.6 is 12.2 Å². The van der Waals surface area contributed by atoms with Gasteiger partial charge in [-0.2, -0.15) is 0 Å². The van der Waals surface area contributed by atoms with E-state index in [1.54, 1.807) is 24.3 Å². The molecule has 0 heterocycles. The second-order valence-electron chi connectivity index (χ2n) is 5.34. The fourth-order valence-corrected chi connectivity index (χ4v) is 4.03. The van der Waals surface area contributed by atoms with Crippen molar-refractivity contribution in [3.05, 3.63) is 35.4 Å². The van der Waals surface area contributed by atoms with Crippen molar-refractivity contribution in [2.45, 2.75) is 37.5 Å². The molecule has 0 radical (unpaired) electrons. The smallest absolute Gasteiger partial charge is 0.216 e. The monoisotopic (exact) mass is 298 g/mol. The highest BCUT2D eigenvalue weighted by Gasteiger charge is 2.35. The number of hydrogen-bond acceptors (Lipinski definition) is 3. The topological polar surface area (TPSA) is 72.2 Å². The van der Waals surface area contributed by atoms with Gasteiger partial charge in [0.15, 0.2) is 0 Å². The highest BCUT2D eigenvalue weighted by Crippen LogP contribution is 2.32. The van der Waals surface area contributed by atoms with Gasteiger partial charge in [0.2, 0.25) is 10.0 Å². The number of nitrogens with one attached hydrogen (secondary N) is 1. The maximum atomic E-state index is 12.1. The van der Waals surface area contributed by atoms with E-state index in [4.69, 9.17) is 18.0 Å². The Balaban J connectivity index is 2.11. The first kappa shape index (κ1) is 14.4. The van der Waals surface area contributed by atoms with Crippen molar-refractivity contribution < 1.29 is 8.42 Å². The molecule has 1 aromatic rings. The average molecular weight is 298 g/mol. The van der Waals surface area contributed by atoms with Crippen molar-refractivity contribution in [3.63, 3.8) is 0 Å². The predicted molar refractivity (Wildman–Crippen MR) is 80.3 cm³/mol. The third-order valence-electron chi connectivity index (χ3n) is 3.43. The molecule has 0 bridgehead atoms. The molecule has 1 saturated carbocycles. The highest BCUT2D eigenvalue weighted by molar-refractivity contribution is 7.88. The molecular weight excluding hydrogens is 280 g/mol. The van der Waals surface area contributed by atoms with Crippen LogP contribution in [0, 0.1) is 0 Å². The van der Waals surface area contributed by atoms with Crippen LogP contribution in [0.3, 0.4) is 0 Å². The molecule has 0 aromatic heterocycles. The van der Waals surface area contributed by atoms with Crippen LogP contribution in [0.15, 0.2) is 24.3 Å². The van der Waals surface area contributed by atoms with E-state index in [0.29, 0.717) is 11.1 Å². The summed E-state index contributed by atoms with van der Waals surface area (Å²) < 4.78 is 27.0. The molecule has 1 aliphatic carbocycles. The van der Waals surface area contributed by atoms with Gasteiger partial charge in [-0.25, -0.2) is 13.1 Å². The zero-order valence-electron chi connectivity index (χ0n) is 10.8. The summed E-state index contributed by atoms with van der Waals surface area (Å²) in [6.07, 6.45) is 2.88. The minimum Gasteiger partial charge on any atom is -0.389 e. The molecule has 0 aliphatic heterocycles. The van der Waals surface area contributed by atoms with E-state index in [1.807, 2.05) is 6.92 Å². The molecule has 0 atom stereocenters. The number of sulfonamides is 1. The molecule has 3 N–H and O–H groups in total. The average Bonchev–Trinajstić information content (AvgIpc) is 2.26. The normalized spacial score (nSPS) is 17.7. The fraction of sp³-hybridized carbons (Fsp3) is 0.462. The lowest BCUT2D eigenvalue weighted by atomic mass is 9.80. The summed E-state index contributed by atoms with van der Waals surface area (Å²) in [5.41, 5.74) is 6.67. The maximum Gasteiger partial charge on any atom is 0.216 e. The third-order valence-corrected chi connectivity index (χ3v) is 5.18. The number of hydrogen-bond donors (Lipinski definition) is 2. The van der Waals surface area contributed by atoms with Crippen LogP contribution in [0.2, 0.25) is 0 Å². The van der Waals surface area contributed by atoms with E-state index in [1.165, 1.54) is 0 Å². The summed E-state index contributed by atoms with van der Waals surface area (Å²) in [4.78, 5) is 0.276. The Morgan fingerprint density at radius 3 is 2.68 bits per heavy atom. The predicted octanol–water partition coefficient (Wildman–Crippen LogP) is 1.68. The quantitative estimate of drug-likeness (QED) is 0.811. The van der Waals surface area contributed by atoms with Crippen molar-refractivity contribution in [1.29, 1.82) is 0 Å². The molecule has 0 saturated heterocycles. The minimum atomic E-state index is -3.33. The van der Waals surface area contributed by atoms with Crippen molar-refractivity contribution in [2.24, 2.45) is 5.73 Å². The molecule has 1 aromatic carbocycles. The lowest BCUT2D eigenvalue weighted by Gasteiger charge is -2.38. The van der Waals surface area contributed by atoms with E-state index in [9.17, 15) is 8.42 Å². The molecule has 19 heavy (non-hydrogen) atoms. The SMILES string of the molecule is CC1(NS(=O)(=O)Cc2cccc(C(N)=S)c2)CCC1. The van der Waals surface area contributed by atoms with Crippen molar-refractivity contribution in [3.8, 4) is 0 Å². The van der Waals surface area contributed by atoms with Crippen molar-refractivity contribution in [2.75, 3.05) is 0 Å². The summed E-state index contributed by atoms with van der Waals surface area (Å²) in [6.45, 7) is 1.94. The molecule has 4 nitrogen and oxygen atoms in total. The number of benzene rings is 1.